The van der Waals surface area contributed by atoms with Crippen molar-refractivity contribution >= 4 is 61.4 Å². The van der Waals surface area contributed by atoms with E-state index in [0.29, 0.717) is 28.0 Å². The van der Waals surface area contributed by atoms with Gasteiger partial charge in [-0.15, -0.1) is 0 Å². The summed E-state index contributed by atoms with van der Waals surface area (Å²) in [5, 5.41) is 11.6. The summed E-state index contributed by atoms with van der Waals surface area (Å²) in [5.74, 6) is 1.70. The number of piperazine rings is 1. The Morgan fingerprint density at radius 2 is 1.71 bits per heavy atom. The van der Waals surface area contributed by atoms with E-state index in [1.165, 1.54) is 0 Å². The maximum atomic E-state index is 13.0. The number of rotatable bonds is 11. The number of likely N-dealkylation sites (N-methyl/N-ethyl adjacent to an activating group) is 1. The minimum Gasteiger partial charge on any atom is -0.494 e. The first-order valence-electron chi connectivity index (χ1n) is 17.0. The first kappa shape index (κ1) is 33.8. The topological polar surface area (TPSA) is 107 Å². The fourth-order valence-corrected chi connectivity index (χ4v) is 8.38. The monoisotopic (exact) mass is 748 g/mol. The van der Waals surface area contributed by atoms with Crippen LogP contribution in [0.1, 0.15) is 25.7 Å². The molecule has 1 saturated carbocycles. The maximum absolute atomic E-state index is 13.0. The molecule has 260 valence electrons. The van der Waals surface area contributed by atoms with Crippen LogP contribution in [0.2, 0.25) is 0 Å². The number of nitrogens with one attached hydrogen (secondary N) is 2. The van der Waals surface area contributed by atoms with Crippen LogP contribution in [0.5, 0.6) is 5.75 Å². The van der Waals surface area contributed by atoms with Crippen LogP contribution in [0, 0.1) is 0 Å². The van der Waals surface area contributed by atoms with Crippen molar-refractivity contribution in [2.45, 2.75) is 37.0 Å². The summed E-state index contributed by atoms with van der Waals surface area (Å²) in [7, 11) is 6.65. The minimum absolute atomic E-state index is 0.228. The van der Waals surface area contributed by atoms with Crippen molar-refractivity contribution in [2.75, 3.05) is 80.3 Å². The van der Waals surface area contributed by atoms with Crippen molar-refractivity contribution < 1.29 is 8.95 Å². The molecule has 3 fully saturated rings. The predicted molar refractivity (Wildman–Crippen MR) is 202 cm³/mol. The molecule has 2 aliphatic heterocycles. The van der Waals surface area contributed by atoms with Crippen molar-refractivity contribution in [3.8, 4) is 16.9 Å². The van der Waals surface area contributed by atoms with E-state index in [0.717, 1.165) is 98.8 Å². The molecule has 2 saturated heterocycles. The van der Waals surface area contributed by atoms with Crippen molar-refractivity contribution in [3.63, 3.8) is 0 Å². The number of ether oxygens (including phenoxy) is 1. The van der Waals surface area contributed by atoms with Crippen molar-refractivity contribution in [2.24, 2.45) is 7.05 Å². The molecule has 0 spiro atoms. The number of aromatic nitrogens is 4. The Morgan fingerprint density at radius 3 is 2.41 bits per heavy atom. The van der Waals surface area contributed by atoms with E-state index in [1.54, 1.807) is 13.3 Å². The van der Waals surface area contributed by atoms with Crippen LogP contribution in [0.15, 0.2) is 59.5 Å². The Morgan fingerprint density at radius 1 is 0.959 bits per heavy atom. The smallest absolute Gasteiger partial charge is 0.229 e. The molecule has 0 radical (unpaired) electrons. The second-order valence-corrected chi connectivity index (χ2v) is 15.8. The number of para-hydroxylation sites is 2. The molecule has 4 aromatic rings. The predicted octanol–water partition coefficient (Wildman–Crippen LogP) is 5.61. The third-order valence-corrected chi connectivity index (χ3v) is 12.1. The number of hydrogen-bond donors (Lipinski definition) is 2. The molecule has 4 heterocycles. The molecule has 49 heavy (non-hydrogen) atoms. The van der Waals surface area contributed by atoms with Crippen LogP contribution in [-0.2, 0) is 18.0 Å². The highest BCUT2D eigenvalue weighted by atomic mass is 79.9. The largest absolute Gasteiger partial charge is 0.494 e. The molecule has 2 aromatic carbocycles. The van der Waals surface area contributed by atoms with Gasteiger partial charge in [0.15, 0.2) is 0 Å². The molecular weight excluding hydrogens is 704 g/mol. The van der Waals surface area contributed by atoms with Gasteiger partial charge in [0.2, 0.25) is 5.95 Å². The lowest BCUT2D eigenvalue weighted by molar-refractivity contribution is 0.0982. The zero-order valence-electron chi connectivity index (χ0n) is 28.6. The average Bonchev–Trinajstić information content (AvgIpc) is 3.89. The van der Waals surface area contributed by atoms with Gasteiger partial charge in [-0.1, -0.05) is 12.1 Å². The Kier molecular flexibility index (Phi) is 10.1. The van der Waals surface area contributed by atoms with E-state index in [-0.39, 0.29) is 5.25 Å². The fraction of sp³-hybridized carbons (Fsp3) is 0.457. The molecule has 2 aromatic heterocycles. The number of halogens is 1. The molecule has 1 unspecified atom stereocenters. The molecule has 0 amide bonds. The molecule has 14 heteroatoms. The Bertz CT molecular complexity index is 1800. The first-order valence-corrected chi connectivity index (χ1v) is 18.9. The second-order valence-electron chi connectivity index (χ2n) is 13.2. The molecule has 7 rings (SSSR count). The van der Waals surface area contributed by atoms with E-state index in [1.807, 2.05) is 53.5 Å². The van der Waals surface area contributed by atoms with Crippen molar-refractivity contribution in [3.05, 3.63) is 59.5 Å². The number of aryl methyl sites for hydroxylation is 1. The normalized spacial score (nSPS) is 18.3. The molecule has 1 atom stereocenters. The lowest BCUT2D eigenvalue weighted by Gasteiger charge is -2.43. The van der Waals surface area contributed by atoms with Gasteiger partial charge in [-0.25, -0.2) is 9.19 Å². The van der Waals surface area contributed by atoms with Gasteiger partial charge < -0.3 is 25.2 Å². The van der Waals surface area contributed by atoms with E-state index < -0.39 is 11.0 Å². The van der Waals surface area contributed by atoms with Gasteiger partial charge >= 0.3 is 0 Å². The lowest BCUT2D eigenvalue weighted by Crippen LogP contribution is -2.52. The number of anilines is 6. The summed E-state index contributed by atoms with van der Waals surface area (Å²) in [4.78, 5) is 17.0. The number of nitrogens with zero attached hydrogens (tertiary/aromatic N) is 8. The Balaban J connectivity index is 1.14. The highest BCUT2D eigenvalue weighted by molar-refractivity contribution is 9.10. The standard InChI is InChI=1S/C35H45BrN10O2S/c1-42-15-17-45(18-16-42)25-11-13-46(14-12-25)32-20-33(48-4)30(19-27(32)24-21-38-43(2)23-24)40-35-37-22-28(36)34(41-35)39-29-7-5-6-8-31(29)44(3)49(47)26-9-10-26/h5-8,19-23,25-26H,9-18H2,1-4H3,(H2,37,39,40,41). The highest BCUT2D eigenvalue weighted by Crippen LogP contribution is 2.42. The van der Waals surface area contributed by atoms with Gasteiger partial charge in [-0.3, -0.25) is 13.9 Å². The summed E-state index contributed by atoms with van der Waals surface area (Å²) in [6.07, 6.45) is 9.96. The van der Waals surface area contributed by atoms with Gasteiger partial charge in [-0.2, -0.15) is 10.1 Å². The van der Waals surface area contributed by atoms with Gasteiger partial charge in [0.25, 0.3) is 0 Å². The van der Waals surface area contributed by atoms with Gasteiger partial charge in [-0.05, 0) is 66.9 Å². The third-order valence-electron chi connectivity index (χ3n) is 9.76. The summed E-state index contributed by atoms with van der Waals surface area (Å²) in [5.41, 5.74) is 5.65. The lowest BCUT2D eigenvalue weighted by atomic mass is 9.98. The zero-order valence-corrected chi connectivity index (χ0v) is 31.0. The molecule has 3 aliphatic rings. The second kappa shape index (κ2) is 14.6. The van der Waals surface area contributed by atoms with Crippen molar-refractivity contribution in [1.82, 2.24) is 29.5 Å². The third kappa shape index (κ3) is 7.57. The van der Waals surface area contributed by atoms with E-state index >= 15 is 0 Å². The van der Waals surface area contributed by atoms with Crippen LogP contribution in [0.3, 0.4) is 0 Å². The molecule has 12 nitrogen and oxygen atoms in total. The fourth-order valence-electron chi connectivity index (χ4n) is 6.75. The van der Waals surface area contributed by atoms with E-state index in [2.05, 4.69) is 76.7 Å². The maximum Gasteiger partial charge on any atom is 0.229 e. The number of methoxy groups -OCH3 is 1. The molecule has 2 N–H and O–H groups in total. The summed E-state index contributed by atoms with van der Waals surface area (Å²) < 4.78 is 23.3. The summed E-state index contributed by atoms with van der Waals surface area (Å²) in [6.45, 7) is 6.55. The number of piperidine rings is 1. The van der Waals surface area contributed by atoms with Gasteiger partial charge in [0.05, 0.1) is 40.1 Å². The Hall–Kier alpha value is -3.72. The van der Waals surface area contributed by atoms with Gasteiger partial charge in [0, 0.05) is 94.7 Å². The average molecular weight is 750 g/mol. The summed E-state index contributed by atoms with van der Waals surface area (Å²) >= 11 is 3.62. The van der Waals surface area contributed by atoms with E-state index in [4.69, 9.17) is 9.72 Å². The minimum atomic E-state index is -1.08. The summed E-state index contributed by atoms with van der Waals surface area (Å²) in [6, 6.07) is 12.7. The number of hydrogen-bond acceptors (Lipinski definition) is 10. The SMILES string of the molecule is COc1cc(N2CCC(N3CCN(C)CC3)CC2)c(-c2cnn(C)c2)cc1Nc1ncc(Br)c(Nc2ccccc2N(C)S(=O)C2CC2)n1. The van der Waals surface area contributed by atoms with Crippen molar-refractivity contribution in [1.29, 1.82) is 0 Å². The highest BCUT2D eigenvalue weighted by Gasteiger charge is 2.32. The molecule has 0 bridgehead atoms. The van der Waals surface area contributed by atoms with Crippen LogP contribution >= 0.6 is 15.9 Å². The van der Waals surface area contributed by atoms with Crippen LogP contribution in [0.25, 0.3) is 11.1 Å². The van der Waals surface area contributed by atoms with Crippen LogP contribution in [-0.4, -0.2) is 106 Å². The first-order chi connectivity index (χ1) is 23.8. The molecule has 1 aliphatic carbocycles. The quantitative estimate of drug-likeness (QED) is 0.201. The number of benzene rings is 2. The zero-order chi connectivity index (χ0) is 34.1. The molecular formula is C35H45BrN10O2S. The Labute approximate surface area is 299 Å². The van der Waals surface area contributed by atoms with E-state index in [9.17, 15) is 4.21 Å². The van der Waals surface area contributed by atoms with Crippen LogP contribution in [0.4, 0.5) is 34.5 Å². The van der Waals surface area contributed by atoms with Gasteiger partial charge in [0.1, 0.15) is 22.6 Å². The van der Waals surface area contributed by atoms with Crippen LogP contribution < -0.4 is 24.6 Å².